The zero-order valence-corrected chi connectivity index (χ0v) is 16.6. The average Bonchev–Trinajstić information content (AvgIpc) is 3.11. The second kappa shape index (κ2) is 7.75. The van der Waals surface area contributed by atoms with Gasteiger partial charge in [0.15, 0.2) is 9.84 Å². The monoisotopic (exact) mass is 400 g/mol. The maximum Gasteiger partial charge on any atom is 0.252 e. The van der Waals surface area contributed by atoms with Crippen molar-refractivity contribution in [2.45, 2.75) is 29.5 Å². The van der Waals surface area contributed by atoms with Crippen LogP contribution in [-0.2, 0) is 15.6 Å². The largest absolute Gasteiger partial charge is 0.333 e. The minimum absolute atomic E-state index is 0.128. The summed E-state index contributed by atoms with van der Waals surface area (Å²) in [6.07, 6.45) is 0.632. The Labute approximate surface area is 163 Å². The van der Waals surface area contributed by atoms with Crippen LogP contribution in [0.1, 0.15) is 27.9 Å². The Balaban J connectivity index is 1.71. The number of nitriles is 1. The first-order valence-electron chi connectivity index (χ1n) is 8.53. The summed E-state index contributed by atoms with van der Waals surface area (Å²) in [4.78, 5) is 12.7. The standard InChI is InChI=1S/C20H20N2O3S2/c1-15-2-8-18(9-3-15)27(24,25)12-16-4-6-17(7-5-16)19(23)22-20(13-21)10-11-26-14-20/h2-9H,10-12,14H2,1H3,(H,22,23). The number of aryl methyl sites for hydroxylation is 1. The maximum absolute atomic E-state index is 12.5. The van der Waals surface area contributed by atoms with Crippen molar-refractivity contribution in [2.75, 3.05) is 11.5 Å². The fourth-order valence-corrected chi connectivity index (χ4v) is 5.49. The van der Waals surface area contributed by atoms with Crippen LogP contribution in [0.15, 0.2) is 53.4 Å². The van der Waals surface area contributed by atoms with Gasteiger partial charge in [0.05, 0.1) is 16.7 Å². The zero-order chi connectivity index (χ0) is 19.5. The molecule has 1 fully saturated rings. The summed E-state index contributed by atoms with van der Waals surface area (Å²) in [5.74, 6) is 0.995. The number of sulfone groups is 1. The van der Waals surface area contributed by atoms with Gasteiger partial charge in [-0.3, -0.25) is 4.79 Å². The SMILES string of the molecule is Cc1ccc(S(=O)(=O)Cc2ccc(C(=O)NC3(C#N)CCSC3)cc2)cc1. The van der Waals surface area contributed by atoms with Gasteiger partial charge in [-0.05, 0) is 48.9 Å². The van der Waals surface area contributed by atoms with Gasteiger partial charge >= 0.3 is 0 Å². The molecule has 1 atom stereocenters. The van der Waals surface area contributed by atoms with Gasteiger partial charge < -0.3 is 5.32 Å². The second-order valence-corrected chi connectivity index (χ2v) is 9.81. The minimum Gasteiger partial charge on any atom is -0.333 e. The van der Waals surface area contributed by atoms with E-state index in [1.165, 1.54) is 0 Å². The number of hydrogen-bond donors (Lipinski definition) is 1. The fourth-order valence-electron chi connectivity index (χ4n) is 2.87. The van der Waals surface area contributed by atoms with Crippen molar-refractivity contribution in [1.82, 2.24) is 5.32 Å². The van der Waals surface area contributed by atoms with E-state index in [-0.39, 0.29) is 16.6 Å². The van der Waals surface area contributed by atoms with Crippen LogP contribution < -0.4 is 5.32 Å². The van der Waals surface area contributed by atoms with E-state index in [9.17, 15) is 18.5 Å². The van der Waals surface area contributed by atoms with Gasteiger partial charge in [-0.2, -0.15) is 17.0 Å². The number of nitrogens with zero attached hydrogens (tertiary/aromatic N) is 1. The smallest absolute Gasteiger partial charge is 0.252 e. The van der Waals surface area contributed by atoms with Crippen LogP contribution in [0.5, 0.6) is 0 Å². The van der Waals surface area contributed by atoms with Gasteiger partial charge in [0.25, 0.3) is 5.91 Å². The molecule has 0 radical (unpaired) electrons. The third kappa shape index (κ3) is 4.52. The number of carbonyl (C=O) groups excluding carboxylic acids is 1. The van der Waals surface area contributed by atoms with Crippen LogP contribution in [-0.4, -0.2) is 31.4 Å². The molecule has 2 aromatic carbocycles. The zero-order valence-electron chi connectivity index (χ0n) is 14.9. The number of amides is 1. The van der Waals surface area contributed by atoms with Gasteiger partial charge in [-0.15, -0.1) is 0 Å². The van der Waals surface area contributed by atoms with E-state index in [4.69, 9.17) is 0 Å². The first kappa shape index (κ1) is 19.5. The summed E-state index contributed by atoms with van der Waals surface area (Å²) >= 11 is 1.65. The van der Waals surface area contributed by atoms with E-state index in [1.54, 1.807) is 60.3 Å². The van der Waals surface area contributed by atoms with Crippen LogP contribution in [0.4, 0.5) is 0 Å². The van der Waals surface area contributed by atoms with Gasteiger partial charge in [-0.1, -0.05) is 29.8 Å². The van der Waals surface area contributed by atoms with Crippen LogP contribution in [0, 0.1) is 18.3 Å². The predicted molar refractivity (Wildman–Crippen MR) is 106 cm³/mol. The van der Waals surface area contributed by atoms with Crippen molar-refractivity contribution in [1.29, 1.82) is 5.26 Å². The Morgan fingerprint density at radius 3 is 2.41 bits per heavy atom. The van der Waals surface area contributed by atoms with E-state index < -0.39 is 15.4 Å². The normalized spacial score (nSPS) is 19.4. The Kier molecular flexibility index (Phi) is 5.59. The maximum atomic E-state index is 12.5. The summed E-state index contributed by atoms with van der Waals surface area (Å²) < 4.78 is 25.1. The Morgan fingerprint density at radius 1 is 1.19 bits per heavy atom. The fraction of sp³-hybridized carbons (Fsp3) is 0.300. The van der Waals surface area contributed by atoms with Crippen molar-refractivity contribution in [3.63, 3.8) is 0 Å². The lowest BCUT2D eigenvalue weighted by Gasteiger charge is -2.21. The molecule has 2 aromatic rings. The molecule has 1 amide bonds. The predicted octanol–water partition coefficient (Wildman–Crippen LogP) is 3.10. The third-order valence-corrected chi connectivity index (χ3v) is 7.43. The molecule has 1 aliphatic rings. The molecule has 1 heterocycles. The van der Waals surface area contributed by atoms with Gasteiger partial charge in [0, 0.05) is 11.3 Å². The molecule has 0 spiro atoms. The molecular formula is C20H20N2O3S2. The Hall–Kier alpha value is -2.30. The number of thioether (sulfide) groups is 1. The molecular weight excluding hydrogens is 380 g/mol. The van der Waals surface area contributed by atoms with Gasteiger partial charge in [0.1, 0.15) is 5.54 Å². The van der Waals surface area contributed by atoms with Crippen molar-refractivity contribution >= 4 is 27.5 Å². The van der Waals surface area contributed by atoms with Crippen molar-refractivity contribution < 1.29 is 13.2 Å². The average molecular weight is 401 g/mol. The van der Waals surface area contributed by atoms with E-state index >= 15 is 0 Å². The molecule has 7 heteroatoms. The molecule has 140 valence electrons. The summed E-state index contributed by atoms with van der Waals surface area (Å²) in [7, 11) is -3.44. The van der Waals surface area contributed by atoms with Crippen molar-refractivity contribution in [3.8, 4) is 6.07 Å². The molecule has 0 aliphatic carbocycles. The molecule has 1 N–H and O–H groups in total. The summed E-state index contributed by atoms with van der Waals surface area (Å²) in [5, 5.41) is 12.2. The third-order valence-electron chi connectivity index (χ3n) is 4.54. The summed E-state index contributed by atoms with van der Waals surface area (Å²) in [6, 6.07) is 15.4. The lowest BCUT2D eigenvalue weighted by atomic mass is 10.0. The molecule has 0 bridgehead atoms. The van der Waals surface area contributed by atoms with E-state index in [2.05, 4.69) is 11.4 Å². The number of benzene rings is 2. The molecule has 5 nitrogen and oxygen atoms in total. The summed E-state index contributed by atoms with van der Waals surface area (Å²) in [5.41, 5.74) is 1.21. The highest BCUT2D eigenvalue weighted by Gasteiger charge is 2.36. The first-order chi connectivity index (χ1) is 12.8. The lowest BCUT2D eigenvalue weighted by molar-refractivity contribution is 0.0926. The van der Waals surface area contributed by atoms with E-state index in [0.717, 1.165) is 11.3 Å². The molecule has 1 unspecified atom stereocenters. The number of rotatable bonds is 5. The molecule has 0 aromatic heterocycles. The van der Waals surface area contributed by atoms with E-state index in [1.807, 2.05) is 6.92 Å². The highest BCUT2D eigenvalue weighted by Crippen LogP contribution is 2.27. The van der Waals surface area contributed by atoms with Gasteiger partial charge in [-0.25, -0.2) is 8.42 Å². The first-order valence-corrected chi connectivity index (χ1v) is 11.3. The molecule has 1 saturated heterocycles. The van der Waals surface area contributed by atoms with Crippen LogP contribution in [0.25, 0.3) is 0 Å². The van der Waals surface area contributed by atoms with Crippen LogP contribution in [0.3, 0.4) is 0 Å². The molecule has 1 aliphatic heterocycles. The Morgan fingerprint density at radius 2 is 1.85 bits per heavy atom. The molecule has 0 saturated carbocycles. The Bertz CT molecular complexity index is 969. The highest BCUT2D eigenvalue weighted by atomic mass is 32.2. The highest BCUT2D eigenvalue weighted by molar-refractivity contribution is 7.99. The van der Waals surface area contributed by atoms with Crippen molar-refractivity contribution in [3.05, 3.63) is 65.2 Å². The van der Waals surface area contributed by atoms with Crippen LogP contribution >= 0.6 is 11.8 Å². The molecule has 3 rings (SSSR count). The molecule has 27 heavy (non-hydrogen) atoms. The van der Waals surface area contributed by atoms with E-state index in [0.29, 0.717) is 23.3 Å². The minimum atomic E-state index is -3.44. The second-order valence-electron chi connectivity index (χ2n) is 6.72. The van der Waals surface area contributed by atoms with Crippen LogP contribution in [0.2, 0.25) is 0 Å². The number of hydrogen-bond acceptors (Lipinski definition) is 5. The topological polar surface area (TPSA) is 87.0 Å². The quantitative estimate of drug-likeness (QED) is 0.833. The lowest BCUT2D eigenvalue weighted by Crippen LogP contribution is -2.47. The van der Waals surface area contributed by atoms with Gasteiger partial charge in [0.2, 0.25) is 0 Å². The number of carbonyl (C=O) groups is 1. The number of nitrogens with one attached hydrogen (secondary N) is 1. The van der Waals surface area contributed by atoms with Crippen molar-refractivity contribution in [2.24, 2.45) is 0 Å². The summed E-state index contributed by atoms with van der Waals surface area (Å²) in [6.45, 7) is 1.90.